The number of phenolic OH excluding ortho intramolecular Hbond substituents is 1. The van der Waals surface area contributed by atoms with E-state index in [1.807, 2.05) is 56.3 Å². The van der Waals surface area contributed by atoms with E-state index in [0.29, 0.717) is 28.7 Å². The van der Waals surface area contributed by atoms with Crippen LogP contribution in [0, 0.1) is 6.92 Å². The summed E-state index contributed by atoms with van der Waals surface area (Å²) in [6, 6.07) is 25.8. The number of hydrogen-bond acceptors (Lipinski definition) is 9. The van der Waals surface area contributed by atoms with Crippen LogP contribution in [-0.2, 0) is 14.3 Å². The topological polar surface area (TPSA) is 125 Å². The van der Waals surface area contributed by atoms with Gasteiger partial charge in [0.25, 0.3) is 10.1 Å². The molecule has 10 heteroatoms. The zero-order chi connectivity index (χ0) is 28.3. The van der Waals surface area contributed by atoms with Gasteiger partial charge in [0.05, 0.1) is 24.2 Å². The van der Waals surface area contributed by atoms with Crippen LogP contribution in [0.4, 0.5) is 28.4 Å². The molecule has 0 fully saturated rings. The Morgan fingerprint density at radius 1 is 0.800 bits per heavy atom. The molecule has 0 bridgehead atoms. The lowest BCUT2D eigenvalue weighted by molar-refractivity contribution is 0.397. The third kappa shape index (κ3) is 5.54. The first kappa shape index (κ1) is 26.9. The SMILES string of the molecule is CCNc1ccc2c(O)c(N=Nc3ccc(N=Nc4ccc5ccccc5c4)c(C)c3)c(S(=O)(=O)OC)cc2c1. The first-order valence-electron chi connectivity index (χ1n) is 12.6. The lowest BCUT2D eigenvalue weighted by Gasteiger charge is -2.12. The van der Waals surface area contributed by atoms with E-state index in [0.717, 1.165) is 34.8 Å². The molecular weight excluding hydrogens is 526 g/mol. The van der Waals surface area contributed by atoms with Crippen LogP contribution >= 0.6 is 0 Å². The number of benzene rings is 5. The molecule has 0 heterocycles. The number of fused-ring (bicyclic) bond motifs is 2. The van der Waals surface area contributed by atoms with Gasteiger partial charge >= 0.3 is 0 Å². The molecule has 0 saturated heterocycles. The van der Waals surface area contributed by atoms with Crippen molar-refractivity contribution in [3.63, 3.8) is 0 Å². The fourth-order valence-corrected chi connectivity index (χ4v) is 5.14. The van der Waals surface area contributed by atoms with E-state index in [4.69, 9.17) is 4.18 Å². The molecule has 0 amide bonds. The summed E-state index contributed by atoms with van der Waals surface area (Å²) in [7, 11) is -3.14. The van der Waals surface area contributed by atoms with E-state index in [1.54, 1.807) is 36.4 Å². The van der Waals surface area contributed by atoms with Crippen molar-refractivity contribution in [1.29, 1.82) is 0 Å². The molecule has 0 radical (unpaired) electrons. The monoisotopic (exact) mass is 553 g/mol. The number of anilines is 1. The van der Waals surface area contributed by atoms with Crippen LogP contribution in [0.15, 0.2) is 110 Å². The maximum Gasteiger partial charge on any atom is 0.299 e. The minimum Gasteiger partial charge on any atom is -0.505 e. The molecule has 0 saturated carbocycles. The Balaban J connectivity index is 1.47. The highest BCUT2D eigenvalue weighted by molar-refractivity contribution is 7.87. The molecule has 0 spiro atoms. The Morgan fingerprint density at radius 3 is 2.27 bits per heavy atom. The number of nitrogens with one attached hydrogen (secondary N) is 1. The van der Waals surface area contributed by atoms with Gasteiger partial charge in [-0.15, -0.1) is 5.11 Å². The Bertz CT molecular complexity index is 1900. The highest BCUT2D eigenvalue weighted by atomic mass is 32.2. The Hall–Kier alpha value is -4.67. The molecule has 0 aliphatic carbocycles. The molecule has 0 aliphatic heterocycles. The molecule has 202 valence electrons. The molecule has 40 heavy (non-hydrogen) atoms. The highest BCUT2D eigenvalue weighted by Crippen LogP contribution is 2.42. The second kappa shape index (κ2) is 11.2. The quantitative estimate of drug-likeness (QED) is 0.147. The third-order valence-corrected chi connectivity index (χ3v) is 7.66. The van der Waals surface area contributed by atoms with Crippen LogP contribution in [0.1, 0.15) is 12.5 Å². The Morgan fingerprint density at radius 2 is 1.52 bits per heavy atom. The number of phenols is 1. The minimum atomic E-state index is -4.20. The molecule has 5 aromatic rings. The third-order valence-electron chi connectivity index (χ3n) is 6.37. The number of rotatable bonds is 8. The average molecular weight is 554 g/mol. The predicted octanol–water partition coefficient (Wildman–Crippen LogP) is 8.60. The van der Waals surface area contributed by atoms with Gasteiger partial charge < -0.3 is 10.4 Å². The number of aryl methyl sites for hydroxylation is 1. The summed E-state index contributed by atoms with van der Waals surface area (Å²) >= 11 is 0. The maximum absolute atomic E-state index is 12.7. The number of hydrogen-bond donors (Lipinski definition) is 2. The molecule has 9 nitrogen and oxygen atoms in total. The smallest absolute Gasteiger partial charge is 0.299 e. The lowest BCUT2D eigenvalue weighted by Crippen LogP contribution is -2.03. The number of azo groups is 2. The van der Waals surface area contributed by atoms with Crippen molar-refractivity contribution in [2.45, 2.75) is 18.7 Å². The molecular formula is C30H27N5O4S. The first-order chi connectivity index (χ1) is 19.3. The summed E-state index contributed by atoms with van der Waals surface area (Å²) < 4.78 is 30.2. The van der Waals surface area contributed by atoms with Crippen molar-refractivity contribution in [1.82, 2.24) is 0 Å². The van der Waals surface area contributed by atoms with E-state index < -0.39 is 10.1 Å². The van der Waals surface area contributed by atoms with Crippen LogP contribution in [0.3, 0.4) is 0 Å². The van der Waals surface area contributed by atoms with E-state index >= 15 is 0 Å². The van der Waals surface area contributed by atoms with Crippen molar-refractivity contribution >= 4 is 60.1 Å². The van der Waals surface area contributed by atoms with E-state index in [9.17, 15) is 13.5 Å². The van der Waals surface area contributed by atoms with E-state index in [1.165, 1.54) is 6.07 Å². The highest BCUT2D eigenvalue weighted by Gasteiger charge is 2.24. The van der Waals surface area contributed by atoms with E-state index in [2.05, 4.69) is 25.8 Å². The molecule has 0 atom stereocenters. The van der Waals surface area contributed by atoms with Crippen LogP contribution in [0.2, 0.25) is 0 Å². The number of nitrogens with zero attached hydrogens (tertiary/aromatic N) is 4. The van der Waals surface area contributed by atoms with Crippen molar-refractivity contribution in [2.75, 3.05) is 19.0 Å². The molecule has 0 aromatic heterocycles. The molecule has 0 unspecified atom stereocenters. The van der Waals surface area contributed by atoms with Crippen LogP contribution in [0.25, 0.3) is 21.5 Å². The summed E-state index contributed by atoms with van der Waals surface area (Å²) in [5, 5.41) is 34.4. The predicted molar refractivity (Wildman–Crippen MR) is 157 cm³/mol. The van der Waals surface area contributed by atoms with Crippen molar-refractivity contribution < 1.29 is 17.7 Å². The van der Waals surface area contributed by atoms with Crippen LogP contribution in [-0.4, -0.2) is 27.2 Å². The van der Waals surface area contributed by atoms with Gasteiger partial charge in [-0.1, -0.05) is 30.3 Å². The maximum atomic E-state index is 12.7. The van der Waals surface area contributed by atoms with Gasteiger partial charge in [0.2, 0.25) is 0 Å². The van der Waals surface area contributed by atoms with Gasteiger partial charge in [-0.25, -0.2) is 0 Å². The minimum absolute atomic E-state index is 0.205. The summed E-state index contributed by atoms with van der Waals surface area (Å²) in [4.78, 5) is -0.282. The van der Waals surface area contributed by atoms with Gasteiger partial charge in [0.1, 0.15) is 10.6 Å². The van der Waals surface area contributed by atoms with Crippen molar-refractivity contribution in [2.24, 2.45) is 20.5 Å². The molecule has 5 rings (SSSR count). The fraction of sp³-hybridized carbons (Fsp3) is 0.133. The average Bonchev–Trinajstić information content (AvgIpc) is 2.96. The summed E-state index contributed by atoms with van der Waals surface area (Å²) in [5.41, 5.74) is 3.22. The van der Waals surface area contributed by atoms with Crippen molar-refractivity contribution in [3.05, 3.63) is 90.5 Å². The standard InChI is InChI=1S/C30H27N5O4S/c1-4-31-23-11-13-26-22(17-23)18-28(40(37,38)39-3)29(30(26)36)35-33-24-12-14-27(19(2)15-24)34-32-25-10-9-20-7-5-6-8-21(20)16-25/h5-18,31,36H,4H2,1-3H3. The zero-order valence-electron chi connectivity index (χ0n) is 22.2. The van der Waals surface area contributed by atoms with Gasteiger partial charge in [-0.05, 0) is 90.2 Å². The first-order valence-corrected chi connectivity index (χ1v) is 14.0. The van der Waals surface area contributed by atoms with Gasteiger partial charge in [-0.2, -0.15) is 23.8 Å². The fourth-order valence-electron chi connectivity index (χ4n) is 4.32. The van der Waals surface area contributed by atoms with Gasteiger partial charge in [-0.3, -0.25) is 4.18 Å². The zero-order valence-corrected chi connectivity index (χ0v) is 23.0. The molecule has 2 N–H and O–H groups in total. The van der Waals surface area contributed by atoms with E-state index in [-0.39, 0.29) is 16.3 Å². The Kier molecular flexibility index (Phi) is 7.54. The van der Waals surface area contributed by atoms with Gasteiger partial charge in [0.15, 0.2) is 5.75 Å². The van der Waals surface area contributed by atoms with Crippen LogP contribution < -0.4 is 5.32 Å². The second-order valence-corrected chi connectivity index (χ2v) is 10.7. The molecule has 0 aliphatic rings. The summed E-state index contributed by atoms with van der Waals surface area (Å²) in [5.74, 6) is -0.308. The van der Waals surface area contributed by atoms with Crippen molar-refractivity contribution in [3.8, 4) is 5.75 Å². The molecule has 5 aromatic carbocycles. The summed E-state index contributed by atoms with van der Waals surface area (Å²) in [6.45, 7) is 4.51. The number of aromatic hydroxyl groups is 1. The Labute approximate surface area is 232 Å². The largest absolute Gasteiger partial charge is 0.505 e. The normalized spacial score (nSPS) is 12.2. The lowest BCUT2D eigenvalue weighted by atomic mass is 10.1. The van der Waals surface area contributed by atoms with Gasteiger partial charge in [0, 0.05) is 17.6 Å². The summed E-state index contributed by atoms with van der Waals surface area (Å²) in [6.07, 6.45) is 0. The van der Waals surface area contributed by atoms with Crippen LogP contribution in [0.5, 0.6) is 5.75 Å². The second-order valence-electron chi connectivity index (χ2n) is 9.06.